The number of methoxy groups -OCH3 is 1. The molecule has 2 aromatic carbocycles. The molecule has 0 N–H and O–H groups in total. The van der Waals surface area contributed by atoms with Gasteiger partial charge in [-0.25, -0.2) is 4.79 Å². The molecule has 4 nitrogen and oxygen atoms in total. The van der Waals surface area contributed by atoms with Crippen LogP contribution in [0.25, 0.3) is 5.57 Å². The molecule has 1 fully saturated rings. The molecule has 2 aromatic rings. The molecule has 0 bridgehead atoms. The van der Waals surface area contributed by atoms with Crippen molar-refractivity contribution < 1.29 is 40.6 Å². The zero-order valence-electron chi connectivity index (χ0n) is 22.9. The molecule has 4 rings (SSSR count). The van der Waals surface area contributed by atoms with Gasteiger partial charge in [0.25, 0.3) is 0 Å². The number of ether oxygens (including phenoxy) is 2. The monoisotopic (exact) mass is 569 g/mol. The van der Waals surface area contributed by atoms with E-state index >= 15 is 0 Å². The quantitative estimate of drug-likeness (QED) is 0.326. The van der Waals surface area contributed by atoms with E-state index in [-0.39, 0.29) is 24.1 Å². The normalized spacial score (nSPS) is 20.7. The van der Waals surface area contributed by atoms with Crippen molar-refractivity contribution in [3.05, 3.63) is 69.8 Å². The second-order valence-electron chi connectivity index (χ2n) is 10.8. The van der Waals surface area contributed by atoms with Crippen LogP contribution in [0.2, 0.25) is 0 Å². The molecule has 0 spiro atoms. The number of benzene rings is 2. The smallest absolute Gasteiger partial charge is 0.416 e. The Bertz CT molecular complexity index is 1250. The molecular formula is C30H33F6NO3. The number of carbonyl (C=O) groups excluding carboxylic acids is 1. The van der Waals surface area contributed by atoms with E-state index in [1.165, 1.54) is 4.90 Å². The second kappa shape index (κ2) is 11.4. The van der Waals surface area contributed by atoms with Crippen LogP contribution in [0.15, 0.2) is 42.0 Å². The van der Waals surface area contributed by atoms with E-state index in [0.29, 0.717) is 24.3 Å². The highest BCUT2D eigenvalue weighted by Gasteiger charge is 2.43. The molecule has 10 heteroatoms. The van der Waals surface area contributed by atoms with Crippen molar-refractivity contribution in [2.75, 3.05) is 13.7 Å². The number of carbonyl (C=O) groups is 1. The number of halogens is 6. The summed E-state index contributed by atoms with van der Waals surface area (Å²) in [6.45, 7) is 5.92. The lowest BCUT2D eigenvalue weighted by molar-refractivity contribution is -0.143. The molecule has 218 valence electrons. The fourth-order valence-corrected chi connectivity index (χ4v) is 5.47. The minimum Gasteiger partial charge on any atom is -0.496 e. The number of alkyl halides is 6. The summed E-state index contributed by atoms with van der Waals surface area (Å²) < 4.78 is 91.9. The van der Waals surface area contributed by atoms with Crippen molar-refractivity contribution in [1.82, 2.24) is 4.90 Å². The summed E-state index contributed by atoms with van der Waals surface area (Å²) in [6, 6.07) is 6.58. The average Bonchev–Trinajstić information content (AvgIpc) is 3.03. The van der Waals surface area contributed by atoms with Crippen LogP contribution >= 0.6 is 0 Å². The predicted molar refractivity (Wildman–Crippen MR) is 139 cm³/mol. The maximum atomic E-state index is 13.5. The number of cyclic esters (lactones) is 1. The predicted octanol–water partition coefficient (Wildman–Crippen LogP) is 9.16. The molecule has 1 aliphatic heterocycles. The summed E-state index contributed by atoms with van der Waals surface area (Å²) in [4.78, 5) is 14.4. The third-order valence-electron chi connectivity index (χ3n) is 7.74. The zero-order chi connectivity index (χ0) is 29.4. The first-order chi connectivity index (χ1) is 18.7. The van der Waals surface area contributed by atoms with Gasteiger partial charge in [-0.15, -0.1) is 0 Å². The van der Waals surface area contributed by atoms with Gasteiger partial charge in [-0.2, -0.15) is 26.3 Å². The Kier molecular flexibility index (Phi) is 8.47. The molecule has 1 saturated heterocycles. The summed E-state index contributed by atoms with van der Waals surface area (Å²) in [5, 5.41) is 0. The van der Waals surface area contributed by atoms with Gasteiger partial charge >= 0.3 is 18.4 Å². The van der Waals surface area contributed by atoms with Crippen molar-refractivity contribution in [3.8, 4) is 5.75 Å². The van der Waals surface area contributed by atoms with Crippen LogP contribution in [-0.4, -0.2) is 30.7 Å². The lowest BCUT2D eigenvalue weighted by Crippen LogP contribution is -2.34. The standard InChI is InChI=1S/C30H33F6NO3/c1-17(2)19-10-11-26(39-4)25(14-19)24-9-7-5-6-8-20(24)16-37-18(3)27(40-28(37)38)21-12-22(29(31,32)33)15-23(13-21)30(34,35)36/h10-15,17-18,27H,5-9,16H2,1-4H3/t18-,27-/m0/s1. The highest BCUT2D eigenvalue weighted by atomic mass is 19.4. The molecule has 0 radical (unpaired) electrons. The van der Waals surface area contributed by atoms with E-state index in [2.05, 4.69) is 19.9 Å². The van der Waals surface area contributed by atoms with Gasteiger partial charge in [0.05, 0.1) is 24.3 Å². The Morgan fingerprint density at radius 2 is 1.57 bits per heavy atom. The van der Waals surface area contributed by atoms with Gasteiger partial charge in [-0.05, 0) is 91.1 Å². The van der Waals surface area contributed by atoms with Gasteiger partial charge in [0.15, 0.2) is 0 Å². The number of nitrogens with zero attached hydrogens (tertiary/aromatic N) is 1. The Morgan fingerprint density at radius 3 is 2.15 bits per heavy atom. The first-order valence-electron chi connectivity index (χ1n) is 13.4. The Balaban J connectivity index is 1.72. The van der Waals surface area contributed by atoms with E-state index in [4.69, 9.17) is 9.47 Å². The van der Waals surface area contributed by atoms with Crippen LogP contribution in [0, 0.1) is 0 Å². The van der Waals surface area contributed by atoms with Gasteiger partial charge in [0.2, 0.25) is 0 Å². The summed E-state index contributed by atoms with van der Waals surface area (Å²) in [6.07, 6.45) is -7.76. The van der Waals surface area contributed by atoms with Gasteiger partial charge in [-0.1, -0.05) is 26.3 Å². The maximum Gasteiger partial charge on any atom is 0.416 e. The molecule has 1 aliphatic carbocycles. The zero-order valence-corrected chi connectivity index (χ0v) is 22.9. The Morgan fingerprint density at radius 1 is 0.950 bits per heavy atom. The van der Waals surface area contributed by atoms with Crippen LogP contribution in [-0.2, 0) is 17.1 Å². The van der Waals surface area contributed by atoms with Crippen molar-refractivity contribution in [1.29, 1.82) is 0 Å². The average molecular weight is 570 g/mol. The van der Waals surface area contributed by atoms with Crippen LogP contribution in [0.4, 0.5) is 31.1 Å². The van der Waals surface area contributed by atoms with Crippen LogP contribution in [0.3, 0.4) is 0 Å². The summed E-state index contributed by atoms with van der Waals surface area (Å²) in [5.41, 5.74) is 0.891. The number of amides is 1. The van der Waals surface area contributed by atoms with Gasteiger partial charge < -0.3 is 9.47 Å². The van der Waals surface area contributed by atoms with E-state index in [0.717, 1.165) is 48.0 Å². The second-order valence-corrected chi connectivity index (χ2v) is 10.8. The van der Waals surface area contributed by atoms with Crippen LogP contribution in [0.1, 0.15) is 92.7 Å². The van der Waals surface area contributed by atoms with Gasteiger partial charge in [0.1, 0.15) is 11.9 Å². The topological polar surface area (TPSA) is 38.8 Å². The molecule has 0 unspecified atom stereocenters. The highest BCUT2D eigenvalue weighted by molar-refractivity contribution is 5.76. The SMILES string of the molecule is COc1ccc(C(C)C)cc1C1=C(CN2C(=O)O[C@H](c3cc(C(F)(F)F)cc(C(F)(F)F)c3)[C@@H]2C)CCCCC1. The van der Waals surface area contributed by atoms with E-state index in [1.54, 1.807) is 14.0 Å². The highest BCUT2D eigenvalue weighted by Crippen LogP contribution is 2.43. The van der Waals surface area contributed by atoms with Crippen molar-refractivity contribution in [2.45, 2.75) is 83.3 Å². The van der Waals surface area contributed by atoms with Gasteiger partial charge in [-0.3, -0.25) is 4.90 Å². The Hall–Kier alpha value is -3.17. The van der Waals surface area contributed by atoms with Crippen molar-refractivity contribution in [2.24, 2.45) is 0 Å². The third kappa shape index (κ3) is 6.25. The number of allylic oxidation sites excluding steroid dienone is 1. The molecule has 2 atom stereocenters. The molecule has 0 saturated carbocycles. The maximum absolute atomic E-state index is 13.5. The summed E-state index contributed by atoms with van der Waals surface area (Å²) in [5.74, 6) is 0.986. The summed E-state index contributed by atoms with van der Waals surface area (Å²) in [7, 11) is 1.60. The fourth-order valence-electron chi connectivity index (χ4n) is 5.47. The molecule has 0 aromatic heterocycles. The fraction of sp³-hybridized carbons (Fsp3) is 0.500. The molecule has 1 heterocycles. The first kappa shape index (κ1) is 29.8. The lowest BCUT2D eigenvalue weighted by Gasteiger charge is -2.25. The van der Waals surface area contributed by atoms with Crippen LogP contribution < -0.4 is 4.74 Å². The lowest BCUT2D eigenvalue weighted by atomic mass is 9.91. The van der Waals surface area contributed by atoms with Crippen LogP contribution in [0.5, 0.6) is 5.75 Å². The molecule has 2 aliphatic rings. The minimum atomic E-state index is -4.99. The van der Waals surface area contributed by atoms with E-state index in [1.807, 2.05) is 12.1 Å². The summed E-state index contributed by atoms with van der Waals surface area (Å²) >= 11 is 0. The van der Waals surface area contributed by atoms with Crippen molar-refractivity contribution in [3.63, 3.8) is 0 Å². The Labute approximate surface area is 229 Å². The van der Waals surface area contributed by atoms with Crippen molar-refractivity contribution >= 4 is 11.7 Å². The largest absolute Gasteiger partial charge is 0.496 e. The number of hydrogen-bond acceptors (Lipinski definition) is 3. The molecular weight excluding hydrogens is 536 g/mol. The van der Waals surface area contributed by atoms with E-state index < -0.39 is 41.7 Å². The minimum absolute atomic E-state index is 0.0734. The van der Waals surface area contributed by atoms with E-state index in [9.17, 15) is 31.1 Å². The first-order valence-corrected chi connectivity index (χ1v) is 13.4. The third-order valence-corrected chi connectivity index (χ3v) is 7.74. The van der Waals surface area contributed by atoms with Gasteiger partial charge in [0, 0.05) is 12.1 Å². The number of hydrogen-bond donors (Lipinski definition) is 0. The number of rotatable bonds is 6. The molecule has 40 heavy (non-hydrogen) atoms. The molecule has 1 amide bonds.